The number of aliphatic hydroxyl groups excluding tert-OH is 1. The number of aliphatic carboxylic acids is 1. The number of aryl methyl sites for hydroxylation is 1. The van der Waals surface area contributed by atoms with Gasteiger partial charge in [0.2, 0.25) is 0 Å². The summed E-state index contributed by atoms with van der Waals surface area (Å²) in [4.78, 5) is 9.38. The molecule has 0 aliphatic carbocycles. The normalized spacial score (nSPS) is 12.2. The van der Waals surface area contributed by atoms with Gasteiger partial charge in [-0.3, -0.25) is 4.55 Å². The molecule has 7 heteroatoms. The quantitative estimate of drug-likeness (QED) is 0.676. The minimum Gasteiger partial charge on any atom is -0.479 e. The molecule has 1 aromatic rings. The van der Waals surface area contributed by atoms with Gasteiger partial charge in [-0.1, -0.05) is 17.7 Å². The first-order valence-electron chi connectivity index (χ1n) is 4.59. The molecule has 0 spiro atoms. The summed E-state index contributed by atoms with van der Waals surface area (Å²) in [5.41, 5.74) is 0.956. The zero-order valence-electron chi connectivity index (χ0n) is 9.36. The third-order valence-electron chi connectivity index (χ3n) is 1.68. The number of hydrogen-bond donors (Lipinski definition) is 3. The Hall–Kier alpha value is -1.44. The Morgan fingerprint density at radius 1 is 1.24 bits per heavy atom. The highest BCUT2D eigenvalue weighted by atomic mass is 32.2. The first-order chi connectivity index (χ1) is 7.64. The summed E-state index contributed by atoms with van der Waals surface area (Å²) >= 11 is 0. The van der Waals surface area contributed by atoms with Gasteiger partial charge in [-0.15, -0.1) is 0 Å². The van der Waals surface area contributed by atoms with Crippen molar-refractivity contribution < 1.29 is 28.0 Å². The maximum atomic E-state index is 10.5. The van der Waals surface area contributed by atoms with Crippen LogP contribution in [0.15, 0.2) is 29.2 Å². The lowest BCUT2D eigenvalue weighted by Gasteiger charge is -1.95. The third-order valence-corrected chi connectivity index (χ3v) is 2.54. The first-order valence-corrected chi connectivity index (χ1v) is 6.03. The van der Waals surface area contributed by atoms with Crippen LogP contribution in [0.2, 0.25) is 0 Å². The molecule has 1 atom stereocenters. The Morgan fingerprint density at radius 2 is 1.59 bits per heavy atom. The van der Waals surface area contributed by atoms with Crippen LogP contribution in [-0.4, -0.2) is 35.3 Å². The molecular weight excluding hydrogens is 248 g/mol. The summed E-state index contributed by atoms with van der Waals surface area (Å²) in [7, 11) is -4.02. The minimum absolute atomic E-state index is 0.0666. The van der Waals surface area contributed by atoms with E-state index in [1.165, 1.54) is 19.1 Å². The van der Waals surface area contributed by atoms with Crippen molar-refractivity contribution >= 4 is 16.1 Å². The van der Waals surface area contributed by atoms with Crippen LogP contribution in [0.5, 0.6) is 0 Å². The smallest absolute Gasteiger partial charge is 0.332 e. The molecule has 0 saturated heterocycles. The number of carbonyl (C=O) groups is 1. The lowest BCUT2D eigenvalue weighted by atomic mass is 10.2. The molecule has 0 heterocycles. The molecule has 3 N–H and O–H groups in total. The Morgan fingerprint density at radius 3 is 1.82 bits per heavy atom. The topological polar surface area (TPSA) is 112 Å². The van der Waals surface area contributed by atoms with Gasteiger partial charge >= 0.3 is 5.97 Å². The molecule has 0 amide bonds. The van der Waals surface area contributed by atoms with Crippen molar-refractivity contribution in [2.45, 2.75) is 24.8 Å². The van der Waals surface area contributed by atoms with Gasteiger partial charge in [0.15, 0.2) is 0 Å². The first kappa shape index (κ1) is 15.6. The van der Waals surface area contributed by atoms with E-state index >= 15 is 0 Å². The molecule has 0 saturated carbocycles. The maximum Gasteiger partial charge on any atom is 0.332 e. The van der Waals surface area contributed by atoms with Crippen LogP contribution >= 0.6 is 0 Å². The predicted molar refractivity (Wildman–Crippen MR) is 60.3 cm³/mol. The van der Waals surface area contributed by atoms with Crippen LogP contribution in [-0.2, 0) is 14.9 Å². The van der Waals surface area contributed by atoms with E-state index in [1.54, 1.807) is 12.1 Å². The van der Waals surface area contributed by atoms with E-state index in [2.05, 4.69) is 0 Å². The molecule has 0 aliphatic heterocycles. The van der Waals surface area contributed by atoms with E-state index in [-0.39, 0.29) is 4.90 Å². The van der Waals surface area contributed by atoms with E-state index in [9.17, 15) is 13.2 Å². The monoisotopic (exact) mass is 262 g/mol. The van der Waals surface area contributed by atoms with Crippen molar-refractivity contribution in [2.24, 2.45) is 0 Å². The van der Waals surface area contributed by atoms with E-state index in [0.717, 1.165) is 5.56 Å². The van der Waals surface area contributed by atoms with Crippen LogP contribution in [0.4, 0.5) is 0 Å². The molecule has 0 aliphatic rings. The molecule has 1 aromatic carbocycles. The molecule has 0 fully saturated rings. The summed E-state index contributed by atoms with van der Waals surface area (Å²) in [5.74, 6) is -1.19. The zero-order chi connectivity index (χ0) is 13.6. The molecule has 0 aromatic heterocycles. The van der Waals surface area contributed by atoms with Crippen molar-refractivity contribution in [3.05, 3.63) is 29.8 Å². The van der Waals surface area contributed by atoms with E-state index in [4.69, 9.17) is 14.8 Å². The van der Waals surface area contributed by atoms with Crippen molar-refractivity contribution in [3.8, 4) is 0 Å². The zero-order valence-corrected chi connectivity index (χ0v) is 10.2. The summed E-state index contributed by atoms with van der Waals surface area (Å²) < 4.78 is 29.6. The largest absolute Gasteiger partial charge is 0.479 e. The Balaban J connectivity index is 0.000000366. The van der Waals surface area contributed by atoms with Gasteiger partial charge in [0.25, 0.3) is 10.1 Å². The second-order valence-corrected chi connectivity index (χ2v) is 4.72. The summed E-state index contributed by atoms with van der Waals surface area (Å²) in [5, 5.41) is 15.8. The van der Waals surface area contributed by atoms with Gasteiger partial charge < -0.3 is 10.2 Å². The number of hydrogen-bond acceptors (Lipinski definition) is 4. The van der Waals surface area contributed by atoms with Crippen LogP contribution < -0.4 is 0 Å². The van der Waals surface area contributed by atoms with Gasteiger partial charge in [-0.05, 0) is 26.0 Å². The van der Waals surface area contributed by atoms with E-state index in [0.29, 0.717) is 0 Å². The number of carboxylic acids is 1. The highest BCUT2D eigenvalue weighted by Gasteiger charge is 2.06. The fourth-order valence-corrected chi connectivity index (χ4v) is 1.19. The van der Waals surface area contributed by atoms with Crippen LogP contribution in [0.3, 0.4) is 0 Å². The van der Waals surface area contributed by atoms with Gasteiger partial charge in [0, 0.05) is 0 Å². The highest BCUT2D eigenvalue weighted by Crippen LogP contribution is 2.08. The Bertz CT molecular complexity index is 460. The lowest BCUT2D eigenvalue weighted by Crippen LogP contribution is -2.13. The van der Waals surface area contributed by atoms with Crippen molar-refractivity contribution in [2.75, 3.05) is 0 Å². The van der Waals surface area contributed by atoms with E-state index < -0.39 is 22.2 Å². The Labute approximate surface area is 99.3 Å². The number of aliphatic hydroxyl groups is 1. The number of carboxylic acid groups (broad SMARTS) is 1. The molecule has 0 radical (unpaired) electrons. The van der Waals surface area contributed by atoms with Crippen LogP contribution in [0.25, 0.3) is 0 Å². The molecule has 96 valence electrons. The molecule has 17 heavy (non-hydrogen) atoms. The second-order valence-electron chi connectivity index (χ2n) is 3.30. The van der Waals surface area contributed by atoms with Crippen LogP contribution in [0, 0.1) is 6.92 Å². The van der Waals surface area contributed by atoms with Gasteiger partial charge in [0.1, 0.15) is 6.10 Å². The highest BCUT2D eigenvalue weighted by molar-refractivity contribution is 7.85. The average molecular weight is 262 g/mol. The molecule has 0 bridgehead atoms. The molecular formula is C10H14O6S. The maximum absolute atomic E-state index is 10.5. The van der Waals surface area contributed by atoms with Crippen molar-refractivity contribution in [3.63, 3.8) is 0 Å². The average Bonchev–Trinajstić information content (AvgIpc) is 2.17. The van der Waals surface area contributed by atoms with Crippen molar-refractivity contribution in [1.82, 2.24) is 0 Å². The van der Waals surface area contributed by atoms with Crippen LogP contribution in [0.1, 0.15) is 12.5 Å². The SMILES string of the molecule is CC(O)C(=O)O.Cc1ccc(S(=O)(=O)O)cc1. The molecule has 1 rings (SSSR count). The molecule has 6 nitrogen and oxygen atoms in total. The molecule has 1 unspecified atom stereocenters. The fourth-order valence-electron chi connectivity index (χ4n) is 0.710. The number of rotatable bonds is 2. The number of benzene rings is 1. The second kappa shape index (κ2) is 6.33. The summed E-state index contributed by atoms with van der Waals surface area (Å²) in [6, 6.07) is 5.99. The van der Waals surface area contributed by atoms with Gasteiger partial charge in [-0.25, -0.2) is 4.79 Å². The third kappa shape index (κ3) is 6.67. The minimum atomic E-state index is -4.02. The predicted octanol–water partition coefficient (Wildman–Crippen LogP) is 0.694. The van der Waals surface area contributed by atoms with Gasteiger partial charge in [-0.2, -0.15) is 8.42 Å². The summed E-state index contributed by atoms with van der Waals surface area (Å²) in [6.07, 6.45) is -1.23. The lowest BCUT2D eigenvalue weighted by molar-refractivity contribution is -0.145. The van der Waals surface area contributed by atoms with Crippen molar-refractivity contribution in [1.29, 1.82) is 0 Å². The standard InChI is InChI=1S/C7H8O3S.C3H6O3/c1-6-2-4-7(5-3-6)11(8,9)10;1-2(4)3(5)6/h2-5H,1H3,(H,8,9,10);2,4H,1H3,(H,5,6). The Kier molecular flexibility index (Phi) is 5.80. The van der Waals surface area contributed by atoms with Gasteiger partial charge in [0.05, 0.1) is 4.90 Å². The summed E-state index contributed by atoms with van der Waals surface area (Å²) in [6.45, 7) is 3.04. The fraction of sp³-hybridized carbons (Fsp3) is 0.300. The van der Waals surface area contributed by atoms with E-state index in [1.807, 2.05) is 6.92 Å².